The van der Waals surface area contributed by atoms with Crippen LogP contribution >= 0.6 is 0 Å². The predicted molar refractivity (Wildman–Crippen MR) is 75.1 cm³/mol. The fraction of sp³-hybridized carbons (Fsp3) is 0.333. The third kappa shape index (κ3) is 2.60. The molecule has 1 aliphatic heterocycles. The van der Waals surface area contributed by atoms with Gasteiger partial charge in [0.1, 0.15) is 10.7 Å². The molecule has 1 aliphatic rings. The Morgan fingerprint density at radius 2 is 2.00 bits per heavy atom. The van der Waals surface area contributed by atoms with Gasteiger partial charge in [-0.2, -0.15) is 5.10 Å². The van der Waals surface area contributed by atoms with Gasteiger partial charge in [0.05, 0.1) is 18.1 Å². The van der Waals surface area contributed by atoms with E-state index in [1.165, 1.54) is 31.4 Å². The first-order chi connectivity index (χ1) is 9.65. The van der Waals surface area contributed by atoms with Crippen molar-refractivity contribution in [2.75, 3.05) is 22.7 Å². The van der Waals surface area contributed by atoms with Crippen molar-refractivity contribution in [3.05, 3.63) is 30.7 Å². The average Bonchev–Trinajstić information content (AvgIpc) is 3.13. The minimum atomic E-state index is -3.60. The van der Waals surface area contributed by atoms with Crippen LogP contribution in [0.3, 0.4) is 0 Å². The number of pyridine rings is 1. The van der Waals surface area contributed by atoms with Crippen LogP contribution in [0.25, 0.3) is 0 Å². The molecule has 2 aromatic heterocycles. The summed E-state index contributed by atoms with van der Waals surface area (Å²) in [4.78, 5) is 6.59. The summed E-state index contributed by atoms with van der Waals surface area (Å²) in [6.07, 6.45) is 6.47. The maximum atomic E-state index is 12.0. The van der Waals surface area contributed by atoms with E-state index in [0.717, 1.165) is 18.9 Å². The van der Waals surface area contributed by atoms with Crippen LogP contribution in [0.15, 0.2) is 35.6 Å². The van der Waals surface area contributed by atoms with Crippen LogP contribution in [0.1, 0.15) is 12.8 Å². The highest BCUT2D eigenvalue weighted by Crippen LogP contribution is 2.20. The fourth-order valence-electron chi connectivity index (χ4n) is 2.18. The number of anilines is 2. The fourth-order valence-corrected chi connectivity index (χ4v) is 3.13. The number of nitrogens with zero attached hydrogens (tertiary/aromatic N) is 3. The van der Waals surface area contributed by atoms with Gasteiger partial charge in [-0.3, -0.25) is 9.82 Å². The third-order valence-electron chi connectivity index (χ3n) is 3.21. The Morgan fingerprint density at radius 1 is 1.20 bits per heavy atom. The Bertz CT molecular complexity index is 660. The summed E-state index contributed by atoms with van der Waals surface area (Å²) in [7, 11) is -3.60. The summed E-state index contributed by atoms with van der Waals surface area (Å²) < 4.78 is 26.5. The molecule has 0 aromatic carbocycles. The van der Waals surface area contributed by atoms with Gasteiger partial charge in [0.25, 0.3) is 10.0 Å². The van der Waals surface area contributed by atoms with Gasteiger partial charge in [-0.25, -0.2) is 13.4 Å². The van der Waals surface area contributed by atoms with Gasteiger partial charge >= 0.3 is 0 Å². The van der Waals surface area contributed by atoms with E-state index >= 15 is 0 Å². The molecule has 0 spiro atoms. The van der Waals surface area contributed by atoms with Crippen molar-refractivity contribution < 1.29 is 8.42 Å². The molecule has 0 unspecified atom stereocenters. The highest BCUT2D eigenvalue weighted by molar-refractivity contribution is 7.92. The second-order valence-electron chi connectivity index (χ2n) is 4.64. The number of aromatic amines is 1. The van der Waals surface area contributed by atoms with Crippen molar-refractivity contribution in [3.63, 3.8) is 0 Å². The molecule has 1 fully saturated rings. The predicted octanol–water partition coefficient (Wildman–Crippen LogP) is 1.21. The van der Waals surface area contributed by atoms with Crippen molar-refractivity contribution in [2.45, 2.75) is 17.7 Å². The zero-order chi connectivity index (χ0) is 14.0. The van der Waals surface area contributed by atoms with Gasteiger partial charge in [0, 0.05) is 19.3 Å². The molecular weight excluding hydrogens is 278 g/mol. The molecule has 0 saturated carbocycles. The molecular formula is C12H15N5O2S. The van der Waals surface area contributed by atoms with E-state index in [9.17, 15) is 8.42 Å². The van der Waals surface area contributed by atoms with E-state index in [1.54, 1.807) is 6.07 Å². The monoisotopic (exact) mass is 293 g/mol. The van der Waals surface area contributed by atoms with Crippen LogP contribution in [-0.4, -0.2) is 36.7 Å². The van der Waals surface area contributed by atoms with E-state index in [-0.39, 0.29) is 4.90 Å². The summed E-state index contributed by atoms with van der Waals surface area (Å²) in [5.74, 6) is 0.883. The minimum absolute atomic E-state index is 0.0983. The van der Waals surface area contributed by atoms with Crippen LogP contribution in [0.4, 0.5) is 11.5 Å². The smallest absolute Gasteiger partial charge is 0.265 e. The standard InChI is InChI=1S/C12H15N5O2S/c18-20(19,11-8-14-15-9-11)16-10-3-4-12(13-7-10)17-5-1-2-6-17/h3-4,7-9,16H,1-2,5-6H2,(H,14,15). The zero-order valence-electron chi connectivity index (χ0n) is 10.8. The van der Waals surface area contributed by atoms with Gasteiger partial charge in [0.2, 0.25) is 0 Å². The van der Waals surface area contributed by atoms with E-state index in [4.69, 9.17) is 0 Å². The maximum Gasteiger partial charge on any atom is 0.265 e. The van der Waals surface area contributed by atoms with Crippen LogP contribution in [0.2, 0.25) is 0 Å². The molecule has 0 aliphatic carbocycles. The van der Waals surface area contributed by atoms with Crippen molar-refractivity contribution in [2.24, 2.45) is 0 Å². The van der Waals surface area contributed by atoms with Gasteiger partial charge in [-0.05, 0) is 25.0 Å². The lowest BCUT2D eigenvalue weighted by atomic mass is 10.4. The second-order valence-corrected chi connectivity index (χ2v) is 6.32. The molecule has 106 valence electrons. The Kier molecular flexibility index (Phi) is 3.31. The van der Waals surface area contributed by atoms with Crippen molar-refractivity contribution in [1.82, 2.24) is 15.2 Å². The van der Waals surface area contributed by atoms with Crippen LogP contribution < -0.4 is 9.62 Å². The number of rotatable bonds is 4. The zero-order valence-corrected chi connectivity index (χ0v) is 11.6. The lowest BCUT2D eigenvalue weighted by molar-refractivity contribution is 0.601. The van der Waals surface area contributed by atoms with Gasteiger partial charge in [-0.15, -0.1) is 0 Å². The Morgan fingerprint density at radius 3 is 2.60 bits per heavy atom. The number of hydrogen-bond acceptors (Lipinski definition) is 5. The molecule has 0 radical (unpaired) electrons. The summed E-state index contributed by atoms with van der Waals surface area (Å²) in [6.45, 7) is 2.01. The summed E-state index contributed by atoms with van der Waals surface area (Å²) in [5, 5.41) is 6.11. The molecule has 0 atom stereocenters. The Labute approximate surface area is 117 Å². The lowest BCUT2D eigenvalue weighted by Gasteiger charge is -2.16. The van der Waals surface area contributed by atoms with Crippen molar-refractivity contribution in [3.8, 4) is 0 Å². The maximum absolute atomic E-state index is 12.0. The van der Waals surface area contributed by atoms with Crippen LogP contribution in [0.5, 0.6) is 0 Å². The highest BCUT2D eigenvalue weighted by atomic mass is 32.2. The molecule has 7 nitrogen and oxygen atoms in total. The number of hydrogen-bond donors (Lipinski definition) is 2. The first-order valence-electron chi connectivity index (χ1n) is 6.38. The summed E-state index contributed by atoms with van der Waals surface area (Å²) in [5.41, 5.74) is 0.439. The van der Waals surface area contributed by atoms with E-state index in [0.29, 0.717) is 5.69 Å². The van der Waals surface area contributed by atoms with Crippen LogP contribution in [0, 0.1) is 0 Å². The average molecular weight is 293 g/mol. The molecule has 2 aromatic rings. The summed E-state index contributed by atoms with van der Waals surface area (Å²) in [6, 6.07) is 3.55. The van der Waals surface area contributed by atoms with Crippen LogP contribution in [-0.2, 0) is 10.0 Å². The summed E-state index contributed by atoms with van der Waals surface area (Å²) >= 11 is 0. The second kappa shape index (κ2) is 5.12. The minimum Gasteiger partial charge on any atom is -0.357 e. The number of sulfonamides is 1. The quantitative estimate of drug-likeness (QED) is 0.884. The Hall–Kier alpha value is -2.09. The molecule has 1 saturated heterocycles. The first kappa shape index (κ1) is 12.9. The van der Waals surface area contributed by atoms with E-state index < -0.39 is 10.0 Å². The first-order valence-corrected chi connectivity index (χ1v) is 7.86. The number of nitrogens with one attached hydrogen (secondary N) is 2. The molecule has 8 heteroatoms. The van der Waals surface area contributed by atoms with E-state index in [1.807, 2.05) is 6.07 Å². The molecule has 20 heavy (non-hydrogen) atoms. The molecule has 3 heterocycles. The molecule has 2 N–H and O–H groups in total. The Balaban J connectivity index is 1.75. The van der Waals surface area contributed by atoms with Crippen molar-refractivity contribution in [1.29, 1.82) is 0 Å². The normalized spacial score (nSPS) is 15.5. The third-order valence-corrected chi connectivity index (χ3v) is 4.56. The number of aromatic nitrogens is 3. The van der Waals surface area contributed by atoms with Gasteiger partial charge < -0.3 is 4.90 Å². The topological polar surface area (TPSA) is 91.0 Å². The van der Waals surface area contributed by atoms with Gasteiger partial charge in [-0.1, -0.05) is 0 Å². The molecule has 0 amide bonds. The highest BCUT2D eigenvalue weighted by Gasteiger charge is 2.16. The molecule has 3 rings (SSSR count). The van der Waals surface area contributed by atoms with Crippen molar-refractivity contribution >= 4 is 21.5 Å². The molecule has 0 bridgehead atoms. The van der Waals surface area contributed by atoms with E-state index in [2.05, 4.69) is 24.8 Å². The van der Waals surface area contributed by atoms with Gasteiger partial charge in [0.15, 0.2) is 0 Å². The SMILES string of the molecule is O=S(=O)(Nc1ccc(N2CCCC2)nc1)c1cn[nH]c1. The lowest BCUT2D eigenvalue weighted by Crippen LogP contribution is -2.19. The largest absolute Gasteiger partial charge is 0.357 e. The number of H-pyrrole nitrogens is 1.